The second-order valence-corrected chi connectivity index (χ2v) is 8.99. The zero-order valence-corrected chi connectivity index (χ0v) is 18.3. The molecule has 0 aromatic heterocycles. The van der Waals surface area contributed by atoms with Crippen LogP contribution in [-0.2, 0) is 0 Å². The summed E-state index contributed by atoms with van der Waals surface area (Å²) in [6.45, 7) is 4.85. The molecule has 0 aromatic rings. The standard InChI is InChI=1S/C25H51N/c1-2-3-20-25-21-16-12-8-4-6-10-14-18-23-26-24-19-15-11-7-5-9-13-17-22-25/h25-26H,2-24H2,1H3. The SMILES string of the molecule is CCCCC1CCCCCCCCCCNCCCCCCCCCC1. The molecule has 156 valence electrons. The van der Waals surface area contributed by atoms with Gasteiger partial charge in [0.15, 0.2) is 0 Å². The smallest absolute Gasteiger partial charge is 0.00489 e. The van der Waals surface area contributed by atoms with E-state index < -0.39 is 0 Å². The third-order valence-electron chi connectivity index (χ3n) is 6.40. The summed E-state index contributed by atoms with van der Waals surface area (Å²) in [4.78, 5) is 0. The van der Waals surface area contributed by atoms with Crippen molar-refractivity contribution in [3.63, 3.8) is 0 Å². The molecule has 1 nitrogen and oxygen atoms in total. The van der Waals surface area contributed by atoms with Gasteiger partial charge in [-0.15, -0.1) is 0 Å². The third kappa shape index (κ3) is 16.2. The molecule has 1 aliphatic rings. The van der Waals surface area contributed by atoms with Crippen LogP contribution in [0.2, 0.25) is 0 Å². The highest BCUT2D eigenvalue weighted by Crippen LogP contribution is 2.24. The molecule has 0 bridgehead atoms. The molecule has 0 radical (unpaired) electrons. The van der Waals surface area contributed by atoms with Gasteiger partial charge in [0.2, 0.25) is 0 Å². The summed E-state index contributed by atoms with van der Waals surface area (Å²) in [5.74, 6) is 1.04. The lowest BCUT2D eigenvalue weighted by atomic mass is 9.90. The molecule has 0 spiro atoms. The average Bonchev–Trinajstić information content (AvgIpc) is 2.65. The predicted molar refractivity (Wildman–Crippen MR) is 119 cm³/mol. The average molecular weight is 366 g/mol. The Morgan fingerprint density at radius 1 is 0.538 bits per heavy atom. The van der Waals surface area contributed by atoms with Crippen molar-refractivity contribution in [1.82, 2.24) is 5.32 Å². The van der Waals surface area contributed by atoms with E-state index in [1.165, 1.54) is 148 Å². The molecule has 1 saturated heterocycles. The van der Waals surface area contributed by atoms with Crippen molar-refractivity contribution in [1.29, 1.82) is 0 Å². The Morgan fingerprint density at radius 3 is 1.35 bits per heavy atom. The zero-order chi connectivity index (χ0) is 18.5. The summed E-state index contributed by atoms with van der Waals surface area (Å²) in [5, 5.41) is 3.64. The lowest BCUT2D eigenvalue weighted by molar-refractivity contribution is 0.370. The lowest BCUT2D eigenvalue weighted by Crippen LogP contribution is -2.16. The van der Waals surface area contributed by atoms with Crippen molar-refractivity contribution in [2.24, 2.45) is 5.92 Å². The molecule has 1 N–H and O–H groups in total. The highest BCUT2D eigenvalue weighted by Gasteiger charge is 2.08. The minimum Gasteiger partial charge on any atom is -0.317 e. The van der Waals surface area contributed by atoms with E-state index in [1.54, 1.807) is 0 Å². The minimum atomic E-state index is 1.04. The zero-order valence-electron chi connectivity index (χ0n) is 18.3. The maximum absolute atomic E-state index is 3.64. The first-order chi connectivity index (χ1) is 12.9. The van der Waals surface area contributed by atoms with E-state index in [0.717, 1.165) is 5.92 Å². The summed E-state index contributed by atoms with van der Waals surface area (Å²) in [5.41, 5.74) is 0. The van der Waals surface area contributed by atoms with Crippen LogP contribution in [-0.4, -0.2) is 13.1 Å². The highest BCUT2D eigenvalue weighted by molar-refractivity contribution is 4.62. The molecular weight excluding hydrogens is 314 g/mol. The summed E-state index contributed by atoms with van der Waals surface area (Å²) in [7, 11) is 0. The van der Waals surface area contributed by atoms with Crippen LogP contribution in [0, 0.1) is 5.92 Å². The summed E-state index contributed by atoms with van der Waals surface area (Å²) in [6.07, 6.45) is 30.8. The van der Waals surface area contributed by atoms with Crippen molar-refractivity contribution in [2.75, 3.05) is 13.1 Å². The molecule has 0 aliphatic carbocycles. The van der Waals surface area contributed by atoms with Crippen LogP contribution in [0.25, 0.3) is 0 Å². The number of hydrogen-bond donors (Lipinski definition) is 1. The molecule has 1 heterocycles. The van der Waals surface area contributed by atoms with Gasteiger partial charge >= 0.3 is 0 Å². The summed E-state index contributed by atoms with van der Waals surface area (Å²) >= 11 is 0. The van der Waals surface area contributed by atoms with E-state index in [1.807, 2.05) is 0 Å². The molecule has 0 aromatic carbocycles. The van der Waals surface area contributed by atoms with Crippen molar-refractivity contribution < 1.29 is 0 Å². The number of nitrogens with one attached hydrogen (secondary N) is 1. The third-order valence-corrected chi connectivity index (χ3v) is 6.40. The van der Waals surface area contributed by atoms with Crippen molar-refractivity contribution in [3.8, 4) is 0 Å². The van der Waals surface area contributed by atoms with E-state index in [2.05, 4.69) is 12.2 Å². The molecule has 1 aliphatic heterocycles. The fraction of sp³-hybridized carbons (Fsp3) is 1.00. The maximum atomic E-state index is 3.64. The van der Waals surface area contributed by atoms with Crippen LogP contribution in [0.1, 0.15) is 142 Å². The quantitative estimate of drug-likeness (QED) is 0.529. The number of unbranched alkanes of at least 4 members (excludes halogenated alkanes) is 1. The largest absolute Gasteiger partial charge is 0.317 e. The Labute approximate surface area is 166 Å². The normalized spacial score (nSPS) is 23.0. The Morgan fingerprint density at radius 2 is 0.923 bits per heavy atom. The summed E-state index contributed by atoms with van der Waals surface area (Å²) in [6, 6.07) is 0. The van der Waals surface area contributed by atoms with Gasteiger partial charge in [-0.1, -0.05) is 129 Å². The van der Waals surface area contributed by atoms with E-state index in [-0.39, 0.29) is 0 Å². The van der Waals surface area contributed by atoms with Gasteiger partial charge in [-0.2, -0.15) is 0 Å². The molecule has 0 amide bonds. The number of rotatable bonds is 3. The molecule has 1 fully saturated rings. The van der Waals surface area contributed by atoms with Crippen LogP contribution in [0.5, 0.6) is 0 Å². The van der Waals surface area contributed by atoms with Crippen LogP contribution in [0.3, 0.4) is 0 Å². The Balaban J connectivity index is 2.19. The van der Waals surface area contributed by atoms with E-state index in [0.29, 0.717) is 0 Å². The van der Waals surface area contributed by atoms with E-state index in [9.17, 15) is 0 Å². The van der Waals surface area contributed by atoms with Gasteiger partial charge in [0, 0.05) is 0 Å². The Kier molecular flexibility index (Phi) is 18.2. The number of hydrogen-bond acceptors (Lipinski definition) is 1. The van der Waals surface area contributed by atoms with Gasteiger partial charge in [0.1, 0.15) is 0 Å². The molecule has 1 rings (SSSR count). The topological polar surface area (TPSA) is 12.0 Å². The summed E-state index contributed by atoms with van der Waals surface area (Å²) < 4.78 is 0. The second kappa shape index (κ2) is 19.7. The first kappa shape index (κ1) is 24.0. The molecule has 1 heteroatoms. The van der Waals surface area contributed by atoms with Gasteiger partial charge < -0.3 is 5.32 Å². The van der Waals surface area contributed by atoms with Crippen LogP contribution < -0.4 is 5.32 Å². The minimum absolute atomic E-state index is 1.04. The molecule has 0 saturated carbocycles. The van der Waals surface area contributed by atoms with E-state index >= 15 is 0 Å². The monoisotopic (exact) mass is 365 g/mol. The molecular formula is C25H51N. The van der Waals surface area contributed by atoms with Crippen molar-refractivity contribution >= 4 is 0 Å². The highest BCUT2D eigenvalue weighted by atomic mass is 14.8. The molecule has 26 heavy (non-hydrogen) atoms. The Hall–Kier alpha value is -0.0400. The molecule has 0 unspecified atom stereocenters. The van der Waals surface area contributed by atoms with Crippen molar-refractivity contribution in [2.45, 2.75) is 142 Å². The predicted octanol–water partition coefficient (Wildman–Crippen LogP) is 8.42. The fourth-order valence-corrected chi connectivity index (χ4v) is 4.54. The van der Waals surface area contributed by atoms with Crippen LogP contribution in [0.15, 0.2) is 0 Å². The van der Waals surface area contributed by atoms with Gasteiger partial charge in [0.05, 0.1) is 0 Å². The van der Waals surface area contributed by atoms with Gasteiger partial charge in [0.25, 0.3) is 0 Å². The first-order valence-corrected chi connectivity index (χ1v) is 12.6. The fourth-order valence-electron chi connectivity index (χ4n) is 4.54. The first-order valence-electron chi connectivity index (χ1n) is 12.6. The molecule has 0 atom stereocenters. The van der Waals surface area contributed by atoms with Crippen LogP contribution in [0.4, 0.5) is 0 Å². The van der Waals surface area contributed by atoms with Crippen LogP contribution >= 0.6 is 0 Å². The van der Waals surface area contributed by atoms with Gasteiger partial charge in [-0.05, 0) is 31.8 Å². The second-order valence-electron chi connectivity index (χ2n) is 8.99. The maximum Gasteiger partial charge on any atom is -0.00489 e. The van der Waals surface area contributed by atoms with Crippen molar-refractivity contribution in [3.05, 3.63) is 0 Å². The van der Waals surface area contributed by atoms with E-state index in [4.69, 9.17) is 0 Å². The Bertz CT molecular complexity index is 241. The lowest BCUT2D eigenvalue weighted by Gasteiger charge is -2.16. The van der Waals surface area contributed by atoms with Gasteiger partial charge in [-0.3, -0.25) is 0 Å². The van der Waals surface area contributed by atoms with Gasteiger partial charge in [-0.25, -0.2) is 0 Å².